The molecule has 0 saturated heterocycles. The molecule has 0 aromatic carbocycles. The van der Waals surface area contributed by atoms with E-state index >= 15 is 0 Å². The Bertz CT molecular complexity index is 655. The quantitative estimate of drug-likeness (QED) is 0.0383. The van der Waals surface area contributed by atoms with Gasteiger partial charge in [0.05, 0.1) is 18.8 Å². The highest BCUT2D eigenvalue weighted by molar-refractivity contribution is 5.76. The molecule has 0 saturated carbocycles. The Balaban J connectivity index is 3.48. The van der Waals surface area contributed by atoms with Crippen molar-refractivity contribution in [3.05, 3.63) is 12.2 Å². The van der Waals surface area contributed by atoms with Crippen LogP contribution in [-0.2, 0) is 4.79 Å². The first-order valence-corrected chi connectivity index (χ1v) is 21.5. The van der Waals surface area contributed by atoms with Crippen LogP contribution in [0, 0.1) is 0 Å². The third-order valence-electron chi connectivity index (χ3n) is 10.1. The molecule has 0 aliphatic carbocycles. The van der Waals surface area contributed by atoms with Crippen molar-refractivity contribution in [2.24, 2.45) is 0 Å². The van der Waals surface area contributed by atoms with Gasteiger partial charge in [0.2, 0.25) is 5.91 Å². The Morgan fingerprint density at radius 2 is 0.833 bits per heavy atom. The van der Waals surface area contributed by atoms with Crippen LogP contribution in [0.15, 0.2) is 12.2 Å². The van der Waals surface area contributed by atoms with Gasteiger partial charge in [-0.25, -0.2) is 0 Å². The number of carbonyl (C=O) groups is 1. The molecular weight excluding hydrogens is 594 g/mol. The van der Waals surface area contributed by atoms with Crippen molar-refractivity contribution in [2.45, 2.75) is 244 Å². The van der Waals surface area contributed by atoms with Gasteiger partial charge < -0.3 is 20.6 Å². The molecule has 1 amide bonds. The van der Waals surface area contributed by atoms with E-state index in [1.807, 2.05) is 6.08 Å². The monoisotopic (exact) mass is 680 g/mol. The number of hydrogen-bond acceptors (Lipinski definition) is 4. The predicted molar refractivity (Wildman–Crippen MR) is 209 cm³/mol. The fourth-order valence-corrected chi connectivity index (χ4v) is 6.75. The van der Waals surface area contributed by atoms with Crippen LogP contribution < -0.4 is 5.32 Å². The van der Waals surface area contributed by atoms with Crippen molar-refractivity contribution in [1.29, 1.82) is 0 Å². The summed E-state index contributed by atoms with van der Waals surface area (Å²) in [7, 11) is 0. The Kier molecular flexibility index (Phi) is 39.8. The van der Waals surface area contributed by atoms with Gasteiger partial charge in [-0.05, 0) is 25.7 Å². The number of unbranched alkanes of at least 4 members (excludes halogenated alkanes) is 32. The molecule has 0 radical (unpaired) electrons. The van der Waals surface area contributed by atoms with Crippen LogP contribution in [0.4, 0.5) is 0 Å². The van der Waals surface area contributed by atoms with E-state index in [2.05, 4.69) is 12.2 Å². The van der Waals surface area contributed by atoms with Gasteiger partial charge in [-0.1, -0.05) is 212 Å². The number of allylic oxidation sites excluding steroid dienone is 1. The highest BCUT2D eigenvalue weighted by Gasteiger charge is 2.17. The van der Waals surface area contributed by atoms with Gasteiger partial charge >= 0.3 is 0 Å². The molecule has 0 aliphatic heterocycles. The Labute approximate surface area is 299 Å². The summed E-state index contributed by atoms with van der Waals surface area (Å²) in [6.07, 6.45) is 47.5. The smallest absolute Gasteiger partial charge is 0.220 e. The Morgan fingerprint density at radius 3 is 1.19 bits per heavy atom. The molecule has 0 bridgehead atoms. The molecule has 48 heavy (non-hydrogen) atoms. The van der Waals surface area contributed by atoms with Crippen LogP contribution >= 0.6 is 0 Å². The summed E-state index contributed by atoms with van der Waals surface area (Å²) in [5, 5.41) is 31.8. The third-order valence-corrected chi connectivity index (χ3v) is 10.1. The van der Waals surface area contributed by atoms with Crippen molar-refractivity contribution in [3.8, 4) is 0 Å². The van der Waals surface area contributed by atoms with E-state index in [1.54, 1.807) is 6.08 Å². The maximum Gasteiger partial charge on any atom is 0.220 e. The van der Waals surface area contributed by atoms with Crippen LogP contribution in [0.3, 0.4) is 0 Å². The maximum atomic E-state index is 12.4. The molecule has 0 aromatic rings. The van der Waals surface area contributed by atoms with Crippen molar-refractivity contribution in [3.63, 3.8) is 0 Å². The van der Waals surface area contributed by atoms with Crippen molar-refractivity contribution in [2.75, 3.05) is 13.2 Å². The summed E-state index contributed by atoms with van der Waals surface area (Å²) in [6, 6.07) is -0.620. The van der Waals surface area contributed by atoms with E-state index in [0.717, 1.165) is 32.1 Å². The highest BCUT2D eigenvalue weighted by atomic mass is 16.3. The molecule has 0 aromatic heterocycles. The number of rotatable bonds is 40. The second-order valence-corrected chi connectivity index (χ2v) is 14.9. The van der Waals surface area contributed by atoms with Gasteiger partial charge in [0.15, 0.2) is 0 Å². The molecule has 0 rings (SSSR count). The lowest BCUT2D eigenvalue weighted by Gasteiger charge is -2.20. The van der Waals surface area contributed by atoms with Crippen molar-refractivity contribution >= 4 is 5.91 Å². The molecule has 2 atom stereocenters. The second-order valence-electron chi connectivity index (χ2n) is 14.9. The molecule has 0 aliphatic rings. The minimum absolute atomic E-state index is 0.0658. The SMILES string of the molecule is CCCCCCCCCCCCC/C=C/[C@@H](O)[C@H](CO)NC(=O)CCCCCCCCCCCCCCCCCCCCCCCCO. The molecule has 0 unspecified atom stereocenters. The summed E-state index contributed by atoms with van der Waals surface area (Å²) >= 11 is 0. The molecule has 0 spiro atoms. The highest BCUT2D eigenvalue weighted by Crippen LogP contribution is 2.16. The van der Waals surface area contributed by atoms with Crippen LogP contribution in [0.25, 0.3) is 0 Å². The zero-order valence-corrected chi connectivity index (χ0v) is 32.2. The fraction of sp³-hybridized carbons (Fsp3) is 0.930. The van der Waals surface area contributed by atoms with Gasteiger partial charge in [0, 0.05) is 13.0 Å². The fourth-order valence-electron chi connectivity index (χ4n) is 6.75. The zero-order valence-electron chi connectivity index (χ0n) is 32.2. The zero-order chi connectivity index (χ0) is 35.0. The molecule has 5 nitrogen and oxygen atoms in total. The van der Waals surface area contributed by atoms with E-state index in [1.165, 1.54) is 186 Å². The standard InChI is InChI=1S/C43H85NO4/c1-2-3-4-5-6-7-8-19-22-25-28-31-34-37-42(47)41(40-46)44-43(48)38-35-32-29-26-23-20-17-15-13-11-9-10-12-14-16-18-21-24-27-30-33-36-39-45/h34,37,41-42,45-47H,2-33,35-36,38-40H2,1H3,(H,44,48)/b37-34+/t41-,42+/m0/s1. The van der Waals surface area contributed by atoms with Crippen molar-refractivity contribution in [1.82, 2.24) is 5.32 Å². The summed E-state index contributed by atoms with van der Waals surface area (Å²) in [5.41, 5.74) is 0. The normalized spacial score (nSPS) is 13.0. The van der Waals surface area contributed by atoms with Gasteiger partial charge in [0.25, 0.3) is 0 Å². The van der Waals surface area contributed by atoms with Crippen LogP contribution in [0.5, 0.6) is 0 Å². The number of hydrogen-bond donors (Lipinski definition) is 4. The van der Waals surface area contributed by atoms with Gasteiger partial charge in [-0.3, -0.25) is 4.79 Å². The summed E-state index contributed by atoms with van der Waals surface area (Å²) in [5.74, 6) is -0.0658. The molecule has 286 valence electrons. The summed E-state index contributed by atoms with van der Waals surface area (Å²) in [6.45, 7) is 2.37. The number of aliphatic hydroxyl groups excluding tert-OH is 3. The van der Waals surface area contributed by atoms with Gasteiger partial charge in [0.1, 0.15) is 0 Å². The summed E-state index contributed by atoms with van der Waals surface area (Å²) < 4.78 is 0. The molecular formula is C43H85NO4. The van der Waals surface area contributed by atoms with E-state index in [0.29, 0.717) is 13.0 Å². The van der Waals surface area contributed by atoms with Gasteiger partial charge in [-0.2, -0.15) is 0 Å². The second kappa shape index (κ2) is 40.5. The average molecular weight is 680 g/mol. The first-order valence-electron chi connectivity index (χ1n) is 21.5. The summed E-state index contributed by atoms with van der Waals surface area (Å²) in [4.78, 5) is 12.4. The lowest BCUT2D eigenvalue weighted by Crippen LogP contribution is -2.45. The van der Waals surface area contributed by atoms with E-state index in [-0.39, 0.29) is 12.5 Å². The van der Waals surface area contributed by atoms with Crippen LogP contribution in [0.2, 0.25) is 0 Å². The first-order chi connectivity index (χ1) is 23.7. The topological polar surface area (TPSA) is 89.8 Å². The largest absolute Gasteiger partial charge is 0.396 e. The molecule has 0 heterocycles. The number of carbonyl (C=O) groups excluding carboxylic acids is 1. The Hall–Kier alpha value is -0.910. The van der Waals surface area contributed by atoms with E-state index in [9.17, 15) is 15.0 Å². The molecule has 0 fully saturated rings. The van der Waals surface area contributed by atoms with E-state index in [4.69, 9.17) is 5.11 Å². The Morgan fingerprint density at radius 1 is 0.500 bits per heavy atom. The third kappa shape index (κ3) is 36.4. The number of aliphatic hydroxyl groups is 3. The lowest BCUT2D eigenvalue weighted by molar-refractivity contribution is -0.123. The van der Waals surface area contributed by atoms with Gasteiger partial charge in [-0.15, -0.1) is 0 Å². The lowest BCUT2D eigenvalue weighted by atomic mass is 10.0. The predicted octanol–water partition coefficient (Wildman–Crippen LogP) is 12.0. The molecule has 5 heteroatoms. The minimum Gasteiger partial charge on any atom is -0.396 e. The minimum atomic E-state index is -0.837. The van der Waals surface area contributed by atoms with Crippen LogP contribution in [0.1, 0.15) is 232 Å². The van der Waals surface area contributed by atoms with Crippen molar-refractivity contribution < 1.29 is 20.1 Å². The first kappa shape index (κ1) is 47.1. The van der Waals surface area contributed by atoms with Crippen LogP contribution in [-0.4, -0.2) is 46.6 Å². The number of amides is 1. The molecule has 4 N–H and O–H groups in total. The average Bonchev–Trinajstić information content (AvgIpc) is 3.09. The maximum absolute atomic E-state index is 12.4. The number of nitrogens with one attached hydrogen (secondary N) is 1. The van der Waals surface area contributed by atoms with E-state index < -0.39 is 12.1 Å².